The Morgan fingerprint density at radius 3 is 1.11 bits per heavy atom. The molecule has 0 radical (unpaired) electrons. The van der Waals surface area contributed by atoms with Gasteiger partial charge in [0.05, 0.1) is 33.5 Å². The van der Waals surface area contributed by atoms with E-state index in [1.165, 1.54) is 42.6 Å². The molecular weight excluding hydrogens is 925 g/mol. The van der Waals surface area contributed by atoms with Crippen LogP contribution in [0, 0.1) is 0 Å². The van der Waals surface area contributed by atoms with Crippen molar-refractivity contribution in [3.63, 3.8) is 0 Å². The molecule has 0 spiro atoms. The topological polar surface area (TPSA) is 35.6 Å². The highest BCUT2D eigenvalue weighted by atomic mass is 28.3. The molecule has 14 aromatic rings. The average molecular weight is 973 g/mol. The number of hydrogen-bond donors (Lipinski definition) is 0. The van der Waals surface area contributed by atoms with Crippen LogP contribution in [0.1, 0.15) is 0 Å². The third-order valence-electron chi connectivity index (χ3n) is 15.1. The van der Waals surface area contributed by atoms with Crippen LogP contribution in [0.3, 0.4) is 0 Å². The van der Waals surface area contributed by atoms with Gasteiger partial charge in [0.2, 0.25) is 5.95 Å². The van der Waals surface area contributed by atoms with Gasteiger partial charge in [0.25, 0.3) is 0 Å². The lowest BCUT2D eigenvalue weighted by Gasteiger charge is -2.34. The van der Waals surface area contributed by atoms with E-state index in [-0.39, 0.29) is 0 Å². The first kappa shape index (κ1) is 44.1. The molecule has 3 heterocycles. The maximum absolute atomic E-state index is 5.62. The molecule has 0 amide bonds. The molecule has 0 aliphatic rings. The maximum atomic E-state index is 5.62. The Bertz CT molecular complexity index is 4170. The van der Waals surface area contributed by atoms with Gasteiger partial charge in [-0.05, 0) is 104 Å². The van der Waals surface area contributed by atoms with E-state index in [0.29, 0.717) is 5.95 Å². The molecule has 0 saturated heterocycles. The van der Waals surface area contributed by atoms with Crippen LogP contribution in [0.25, 0.3) is 100 Å². The van der Waals surface area contributed by atoms with Gasteiger partial charge < -0.3 is 4.57 Å². The van der Waals surface area contributed by atoms with Gasteiger partial charge in [0.1, 0.15) is 0 Å². The molecule has 14 rings (SSSR count). The van der Waals surface area contributed by atoms with E-state index in [0.717, 1.165) is 72.3 Å². The summed E-state index contributed by atoms with van der Waals surface area (Å²) in [6.45, 7) is 0. The Hall–Kier alpha value is -9.68. The molecule has 0 bridgehead atoms. The van der Waals surface area contributed by atoms with Crippen molar-refractivity contribution in [1.82, 2.24) is 19.1 Å². The Kier molecular flexibility index (Phi) is 10.8. The number of aromatic nitrogens is 4. The first-order valence-electron chi connectivity index (χ1n) is 25.6. The van der Waals surface area contributed by atoms with Crippen LogP contribution >= 0.6 is 0 Å². The van der Waals surface area contributed by atoms with Gasteiger partial charge in [-0.15, -0.1) is 0 Å². The minimum atomic E-state index is -2.77. The van der Waals surface area contributed by atoms with Crippen LogP contribution in [-0.2, 0) is 0 Å². The van der Waals surface area contributed by atoms with Crippen molar-refractivity contribution in [3.05, 3.63) is 291 Å². The van der Waals surface area contributed by atoms with Crippen LogP contribution in [0.4, 0.5) is 0 Å². The molecule has 5 heteroatoms. The Morgan fingerprint density at radius 2 is 0.613 bits per heavy atom. The van der Waals surface area contributed by atoms with E-state index in [4.69, 9.17) is 9.97 Å². The molecular formula is C70H48N4Si. The van der Waals surface area contributed by atoms with Crippen LogP contribution in [0.2, 0.25) is 0 Å². The first-order chi connectivity index (χ1) is 37.2. The fraction of sp³-hybridized carbons (Fsp3) is 0. The third kappa shape index (κ3) is 7.51. The molecule has 11 aromatic carbocycles. The molecule has 0 unspecified atom stereocenters. The molecule has 0 aliphatic heterocycles. The van der Waals surface area contributed by atoms with E-state index in [1.54, 1.807) is 0 Å². The quantitative estimate of drug-likeness (QED) is 0.101. The lowest BCUT2D eigenvalue weighted by Crippen LogP contribution is -2.74. The van der Waals surface area contributed by atoms with Crippen molar-refractivity contribution in [2.24, 2.45) is 0 Å². The second-order valence-corrected chi connectivity index (χ2v) is 23.1. The summed E-state index contributed by atoms with van der Waals surface area (Å²) in [6, 6.07) is 106. The van der Waals surface area contributed by atoms with E-state index in [9.17, 15) is 0 Å². The van der Waals surface area contributed by atoms with Crippen molar-refractivity contribution in [2.45, 2.75) is 0 Å². The summed E-state index contributed by atoms with van der Waals surface area (Å²) in [5.41, 5.74) is 13.8. The molecule has 0 saturated carbocycles. The smallest absolute Gasteiger partial charge is 0.235 e. The molecule has 4 nitrogen and oxygen atoms in total. The number of fused-ring (bicyclic) bond motifs is 6. The van der Waals surface area contributed by atoms with Gasteiger partial charge in [-0.1, -0.05) is 231 Å². The number of hydrogen-bond acceptors (Lipinski definition) is 2. The van der Waals surface area contributed by atoms with Crippen LogP contribution < -0.4 is 20.7 Å². The van der Waals surface area contributed by atoms with Gasteiger partial charge >= 0.3 is 0 Å². The van der Waals surface area contributed by atoms with Gasteiger partial charge in [-0.2, -0.15) is 0 Å². The highest BCUT2D eigenvalue weighted by Gasteiger charge is 2.41. The van der Waals surface area contributed by atoms with Crippen molar-refractivity contribution >= 4 is 72.4 Å². The monoisotopic (exact) mass is 972 g/mol. The molecule has 0 atom stereocenters. The molecule has 75 heavy (non-hydrogen) atoms. The summed E-state index contributed by atoms with van der Waals surface area (Å²) in [5.74, 6) is 0.607. The Labute approximate surface area is 436 Å². The number of rotatable bonds is 10. The second-order valence-electron chi connectivity index (χ2n) is 19.3. The second kappa shape index (κ2) is 18.4. The standard InChI is InChI=1S/C70H48N4Si/c1-6-22-49(23-7-1)52-44-53(50-24-8-2-9-25-50)46-54(45-52)65-48-64(51-38-41-59(42-39-51)75(56-26-10-3-11-27-56,57-28-12-4-13-29-57)58-30-14-5-15-31-58)71-70(72-65)74-68-37-21-18-34-62(68)63-47-55(40-43-69(63)74)73-66-35-19-16-32-60(66)61-33-17-20-36-67(61)73/h1-48H. The predicted molar refractivity (Wildman–Crippen MR) is 316 cm³/mol. The zero-order valence-electron chi connectivity index (χ0n) is 41.0. The van der Waals surface area contributed by atoms with Crippen molar-refractivity contribution in [1.29, 1.82) is 0 Å². The number of benzene rings is 11. The summed E-state index contributed by atoms with van der Waals surface area (Å²) in [6.07, 6.45) is 0. The molecule has 3 aromatic heterocycles. The van der Waals surface area contributed by atoms with E-state index < -0.39 is 8.07 Å². The van der Waals surface area contributed by atoms with Crippen molar-refractivity contribution < 1.29 is 0 Å². The van der Waals surface area contributed by atoms with Crippen LogP contribution in [0.15, 0.2) is 291 Å². The summed E-state index contributed by atoms with van der Waals surface area (Å²) in [5, 5.41) is 10.0. The van der Waals surface area contributed by atoms with Crippen LogP contribution in [-0.4, -0.2) is 27.2 Å². The van der Waals surface area contributed by atoms with Crippen molar-refractivity contribution in [3.8, 4) is 56.4 Å². The summed E-state index contributed by atoms with van der Waals surface area (Å²) in [4.78, 5) is 11.2. The lowest BCUT2D eigenvalue weighted by atomic mass is 9.94. The van der Waals surface area contributed by atoms with Crippen molar-refractivity contribution in [2.75, 3.05) is 0 Å². The first-order valence-corrected chi connectivity index (χ1v) is 27.6. The van der Waals surface area contributed by atoms with Gasteiger partial charge in [0.15, 0.2) is 8.07 Å². The van der Waals surface area contributed by atoms with E-state index in [2.05, 4.69) is 300 Å². The predicted octanol–water partition coefficient (Wildman–Crippen LogP) is 14.7. The average Bonchev–Trinajstić information content (AvgIpc) is 4.01. The third-order valence-corrected chi connectivity index (χ3v) is 19.9. The Balaban J connectivity index is 1.000. The minimum absolute atomic E-state index is 0.607. The number of para-hydroxylation sites is 3. The highest BCUT2D eigenvalue weighted by molar-refractivity contribution is 7.19. The SMILES string of the molecule is c1ccc(-c2cc(-c3ccccc3)cc(-c3cc(-c4ccc([Si](c5ccccc5)(c5ccccc5)c5ccccc5)cc4)nc(-n4c5ccccc5c5cc(-n6c7ccccc7c7ccccc76)ccc54)n3)c2)cc1. The molecule has 0 N–H and O–H groups in total. The fourth-order valence-electron chi connectivity index (χ4n) is 11.7. The minimum Gasteiger partial charge on any atom is -0.309 e. The maximum Gasteiger partial charge on any atom is 0.235 e. The van der Waals surface area contributed by atoms with E-state index in [1.807, 2.05) is 0 Å². The zero-order chi connectivity index (χ0) is 49.7. The fourth-order valence-corrected chi connectivity index (χ4v) is 16.4. The summed E-state index contributed by atoms with van der Waals surface area (Å²) in [7, 11) is -2.77. The molecule has 0 fully saturated rings. The highest BCUT2D eigenvalue weighted by Crippen LogP contribution is 2.39. The van der Waals surface area contributed by atoms with E-state index >= 15 is 0 Å². The summed E-state index contributed by atoms with van der Waals surface area (Å²) >= 11 is 0. The normalized spacial score (nSPS) is 11.7. The van der Waals surface area contributed by atoms with Gasteiger partial charge in [-0.3, -0.25) is 4.57 Å². The number of nitrogens with zero attached hydrogens (tertiary/aromatic N) is 4. The summed E-state index contributed by atoms with van der Waals surface area (Å²) < 4.78 is 4.66. The van der Waals surface area contributed by atoms with Gasteiger partial charge in [-0.25, -0.2) is 9.97 Å². The zero-order valence-corrected chi connectivity index (χ0v) is 42.0. The van der Waals surface area contributed by atoms with Gasteiger partial charge in [0, 0.05) is 38.4 Å². The Morgan fingerprint density at radius 1 is 0.240 bits per heavy atom. The van der Waals surface area contributed by atoms with Crippen LogP contribution in [0.5, 0.6) is 0 Å². The largest absolute Gasteiger partial charge is 0.309 e. The molecule has 352 valence electrons. The lowest BCUT2D eigenvalue weighted by molar-refractivity contribution is 0.995. The molecule has 0 aliphatic carbocycles.